The molecular formula is C28H28N2O4. The highest BCUT2D eigenvalue weighted by Gasteiger charge is 2.47. The van der Waals surface area contributed by atoms with E-state index < -0.39 is 12.0 Å². The Morgan fingerprint density at radius 3 is 2.38 bits per heavy atom. The van der Waals surface area contributed by atoms with Crippen LogP contribution in [0.2, 0.25) is 0 Å². The second-order valence-electron chi connectivity index (χ2n) is 8.84. The van der Waals surface area contributed by atoms with Crippen LogP contribution in [-0.2, 0) is 17.8 Å². The summed E-state index contributed by atoms with van der Waals surface area (Å²) in [5, 5.41) is 0. The van der Waals surface area contributed by atoms with Crippen LogP contribution in [0.25, 0.3) is 0 Å². The zero-order valence-electron chi connectivity index (χ0n) is 19.7. The summed E-state index contributed by atoms with van der Waals surface area (Å²) in [7, 11) is 5.05. The number of hydrogen-bond acceptors (Lipinski definition) is 4. The van der Waals surface area contributed by atoms with Gasteiger partial charge in [-0.3, -0.25) is 9.59 Å². The molecule has 2 heterocycles. The molecule has 0 aromatic heterocycles. The number of methoxy groups -OCH3 is 2. The third kappa shape index (κ3) is 3.59. The number of carbonyl (C=O) groups excluding carboxylic acids is 2. The molecule has 34 heavy (non-hydrogen) atoms. The van der Waals surface area contributed by atoms with E-state index in [0.717, 1.165) is 22.3 Å². The molecule has 0 saturated carbocycles. The quantitative estimate of drug-likeness (QED) is 0.578. The highest BCUT2D eigenvalue weighted by molar-refractivity contribution is 6.01. The van der Waals surface area contributed by atoms with Gasteiger partial charge in [0.25, 0.3) is 5.91 Å². The second-order valence-corrected chi connectivity index (χ2v) is 8.84. The van der Waals surface area contributed by atoms with Crippen LogP contribution in [-0.4, -0.2) is 49.4 Å². The summed E-state index contributed by atoms with van der Waals surface area (Å²) in [6, 6.07) is 21.0. The van der Waals surface area contributed by atoms with Gasteiger partial charge in [-0.1, -0.05) is 48.5 Å². The third-order valence-corrected chi connectivity index (χ3v) is 6.93. The number of likely N-dealkylation sites (N-methyl/N-ethyl adjacent to an activating group) is 1. The molecule has 174 valence electrons. The zero-order chi connectivity index (χ0) is 23.8. The molecule has 3 aromatic carbocycles. The van der Waals surface area contributed by atoms with Crippen LogP contribution < -0.4 is 9.47 Å². The standard InChI is InChI=1S/C28H28N2O4/c1-29(17-18-9-5-4-6-10-18)28(32)25-20-11-7-8-12-21(20)27(31)30-14-13-19-15-23(33-2)24(34-3)16-22(19)26(25)30/h4-12,15-16,25-26H,13-14,17H2,1-3H3/t25-,26-/m1/s1. The second kappa shape index (κ2) is 8.86. The van der Waals surface area contributed by atoms with E-state index in [1.54, 1.807) is 19.1 Å². The minimum atomic E-state index is -0.514. The Morgan fingerprint density at radius 2 is 1.65 bits per heavy atom. The number of benzene rings is 3. The predicted octanol–water partition coefficient (Wildman–Crippen LogP) is 4.20. The summed E-state index contributed by atoms with van der Waals surface area (Å²) in [5.74, 6) is 0.691. The minimum absolute atomic E-state index is 0.0126. The van der Waals surface area contributed by atoms with E-state index in [9.17, 15) is 9.59 Å². The van der Waals surface area contributed by atoms with Gasteiger partial charge < -0.3 is 19.3 Å². The Labute approximate surface area is 199 Å². The third-order valence-electron chi connectivity index (χ3n) is 6.93. The lowest BCUT2D eigenvalue weighted by Gasteiger charge is -2.46. The van der Waals surface area contributed by atoms with Crippen LogP contribution in [0.15, 0.2) is 66.7 Å². The maximum absolute atomic E-state index is 14.0. The number of amides is 2. The fourth-order valence-corrected chi connectivity index (χ4v) is 5.29. The van der Waals surface area contributed by atoms with Crippen molar-refractivity contribution in [3.8, 4) is 11.5 Å². The first-order chi connectivity index (χ1) is 16.5. The van der Waals surface area contributed by atoms with Crippen LogP contribution in [0.1, 0.15) is 44.6 Å². The van der Waals surface area contributed by atoms with E-state index in [1.165, 1.54) is 0 Å². The Balaban J connectivity index is 1.63. The molecule has 2 aliphatic heterocycles. The van der Waals surface area contributed by atoms with Gasteiger partial charge in [0.2, 0.25) is 5.91 Å². The topological polar surface area (TPSA) is 59.1 Å². The van der Waals surface area contributed by atoms with Gasteiger partial charge in [-0.15, -0.1) is 0 Å². The van der Waals surface area contributed by atoms with E-state index in [-0.39, 0.29) is 11.8 Å². The van der Waals surface area contributed by atoms with E-state index >= 15 is 0 Å². The average Bonchev–Trinajstić information content (AvgIpc) is 2.88. The molecule has 0 saturated heterocycles. The minimum Gasteiger partial charge on any atom is -0.493 e. The maximum atomic E-state index is 14.0. The summed E-state index contributed by atoms with van der Waals surface area (Å²) >= 11 is 0. The van der Waals surface area contributed by atoms with Gasteiger partial charge in [-0.25, -0.2) is 0 Å². The van der Waals surface area contributed by atoms with E-state index in [1.807, 2.05) is 78.7 Å². The summed E-state index contributed by atoms with van der Waals surface area (Å²) < 4.78 is 11.1. The fraction of sp³-hybridized carbons (Fsp3) is 0.286. The molecule has 2 aliphatic rings. The van der Waals surface area contributed by atoms with Crippen molar-refractivity contribution < 1.29 is 19.1 Å². The molecule has 0 N–H and O–H groups in total. The van der Waals surface area contributed by atoms with Crippen molar-refractivity contribution in [3.05, 3.63) is 94.5 Å². The monoisotopic (exact) mass is 456 g/mol. The summed E-state index contributed by atoms with van der Waals surface area (Å²) in [6.45, 7) is 1.05. The Morgan fingerprint density at radius 1 is 0.971 bits per heavy atom. The Kier molecular flexibility index (Phi) is 5.74. The van der Waals surface area contributed by atoms with Crippen LogP contribution >= 0.6 is 0 Å². The van der Waals surface area contributed by atoms with E-state index in [0.29, 0.717) is 36.6 Å². The van der Waals surface area contributed by atoms with Crippen LogP contribution in [0.3, 0.4) is 0 Å². The van der Waals surface area contributed by atoms with Gasteiger partial charge in [0.1, 0.15) is 0 Å². The van der Waals surface area contributed by atoms with Crippen LogP contribution in [0.4, 0.5) is 0 Å². The number of nitrogens with zero attached hydrogens (tertiary/aromatic N) is 2. The molecule has 6 heteroatoms. The smallest absolute Gasteiger partial charge is 0.254 e. The molecule has 6 nitrogen and oxygen atoms in total. The molecule has 0 spiro atoms. The molecule has 5 rings (SSSR count). The van der Waals surface area contributed by atoms with Crippen LogP contribution in [0, 0.1) is 0 Å². The summed E-state index contributed by atoms with van der Waals surface area (Å²) in [4.78, 5) is 31.2. The summed E-state index contributed by atoms with van der Waals surface area (Å²) in [5.41, 5.74) is 4.47. The SMILES string of the molecule is COc1cc2c(cc1OC)[C@@H]1[C@H](C(=O)N(C)Cc3ccccc3)c3ccccc3C(=O)N1CC2. The number of carbonyl (C=O) groups is 2. The van der Waals surface area contributed by atoms with E-state index in [4.69, 9.17) is 9.47 Å². The molecule has 0 aliphatic carbocycles. The van der Waals surface area contributed by atoms with Crippen molar-refractivity contribution in [1.29, 1.82) is 0 Å². The molecular weight excluding hydrogens is 428 g/mol. The molecule has 0 radical (unpaired) electrons. The van der Waals surface area contributed by atoms with Crippen molar-refractivity contribution >= 4 is 11.8 Å². The normalized spacial score (nSPS) is 18.4. The molecule has 2 atom stereocenters. The fourth-order valence-electron chi connectivity index (χ4n) is 5.29. The molecule has 0 bridgehead atoms. The van der Waals surface area contributed by atoms with Gasteiger partial charge in [0.05, 0.1) is 26.2 Å². The van der Waals surface area contributed by atoms with Gasteiger partial charge in [-0.05, 0) is 46.9 Å². The highest BCUT2D eigenvalue weighted by atomic mass is 16.5. The lowest BCUT2D eigenvalue weighted by Crippen LogP contribution is -2.50. The molecule has 3 aromatic rings. The molecule has 0 unspecified atom stereocenters. The Bertz CT molecular complexity index is 1240. The van der Waals surface area contributed by atoms with E-state index in [2.05, 4.69) is 0 Å². The van der Waals surface area contributed by atoms with Gasteiger partial charge in [0, 0.05) is 25.7 Å². The number of rotatable bonds is 5. The Hall–Kier alpha value is -3.80. The average molecular weight is 457 g/mol. The van der Waals surface area contributed by atoms with Crippen molar-refractivity contribution in [3.63, 3.8) is 0 Å². The lowest BCUT2D eigenvalue weighted by atomic mass is 9.75. The van der Waals surface area contributed by atoms with Crippen molar-refractivity contribution in [2.45, 2.75) is 24.9 Å². The predicted molar refractivity (Wildman–Crippen MR) is 129 cm³/mol. The maximum Gasteiger partial charge on any atom is 0.254 e. The summed E-state index contributed by atoms with van der Waals surface area (Å²) in [6.07, 6.45) is 0.695. The number of fused-ring (bicyclic) bond motifs is 4. The first-order valence-electron chi connectivity index (χ1n) is 11.5. The highest BCUT2D eigenvalue weighted by Crippen LogP contribution is 2.48. The first kappa shape index (κ1) is 22.0. The number of ether oxygens (including phenoxy) is 2. The first-order valence-corrected chi connectivity index (χ1v) is 11.5. The van der Waals surface area contributed by atoms with Gasteiger partial charge >= 0.3 is 0 Å². The lowest BCUT2D eigenvalue weighted by molar-refractivity contribution is -0.134. The van der Waals surface area contributed by atoms with Gasteiger partial charge in [0.15, 0.2) is 11.5 Å². The zero-order valence-corrected chi connectivity index (χ0v) is 19.7. The number of hydrogen-bond donors (Lipinski definition) is 0. The van der Waals surface area contributed by atoms with Crippen molar-refractivity contribution in [2.24, 2.45) is 0 Å². The van der Waals surface area contributed by atoms with Gasteiger partial charge in [-0.2, -0.15) is 0 Å². The molecule has 2 amide bonds. The largest absolute Gasteiger partial charge is 0.493 e. The van der Waals surface area contributed by atoms with Crippen molar-refractivity contribution in [2.75, 3.05) is 27.8 Å². The van der Waals surface area contributed by atoms with Crippen LogP contribution in [0.5, 0.6) is 11.5 Å². The molecule has 0 fully saturated rings. The van der Waals surface area contributed by atoms with Crippen molar-refractivity contribution in [1.82, 2.24) is 9.80 Å².